The van der Waals surface area contributed by atoms with Crippen LogP contribution < -0.4 is 5.32 Å². The van der Waals surface area contributed by atoms with E-state index in [1.807, 2.05) is 0 Å². The molecule has 0 saturated carbocycles. The molecule has 112 valence electrons. The molecule has 1 N–H and O–H groups in total. The van der Waals surface area contributed by atoms with Gasteiger partial charge in [-0.1, -0.05) is 23.7 Å². The van der Waals surface area contributed by atoms with E-state index in [2.05, 4.69) is 36.1 Å². The van der Waals surface area contributed by atoms with Crippen molar-refractivity contribution < 1.29 is 4.39 Å². The summed E-state index contributed by atoms with van der Waals surface area (Å²) in [6.07, 6.45) is 3.87. The smallest absolute Gasteiger partial charge is 0.145 e. The largest absolute Gasteiger partial charge is 0.308 e. The minimum Gasteiger partial charge on any atom is -0.308 e. The van der Waals surface area contributed by atoms with E-state index >= 15 is 0 Å². The van der Waals surface area contributed by atoms with Crippen LogP contribution in [-0.2, 0) is 13.0 Å². The number of aromatic nitrogens is 2. The highest BCUT2D eigenvalue weighted by Gasteiger charge is 2.10. The highest BCUT2D eigenvalue weighted by molar-refractivity contribution is 6.30. The van der Waals surface area contributed by atoms with Crippen LogP contribution in [0, 0.1) is 5.82 Å². The Morgan fingerprint density at radius 1 is 1.19 bits per heavy atom. The molecule has 3 nitrogen and oxygen atoms in total. The van der Waals surface area contributed by atoms with Crippen molar-refractivity contribution >= 4 is 11.6 Å². The van der Waals surface area contributed by atoms with Crippen LogP contribution in [0.5, 0.6) is 0 Å². The maximum Gasteiger partial charge on any atom is 0.145 e. The van der Waals surface area contributed by atoms with Crippen LogP contribution in [0.3, 0.4) is 0 Å². The van der Waals surface area contributed by atoms with Crippen LogP contribution in [-0.4, -0.2) is 15.5 Å². The molecule has 0 atom stereocenters. The van der Waals surface area contributed by atoms with Gasteiger partial charge in [-0.2, -0.15) is 0 Å². The van der Waals surface area contributed by atoms with Gasteiger partial charge in [-0.05, 0) is 32.4 Å². The lowest BCUT2D eigenvalue weighted by Gasteiger charge is -2.20. The molecule has 0 radical (unpaired) electrons. The zero-order valence-corrected chi connectivity index (χ0v) is 13.2. The van der Waals surface area contributed by atoms with E-state index in [0.717, 1.165) is 5.56 Å². The predicted molar refractivity (Wildman–Crippen MR) is 82.8 cm³/mol. The number of rotatable bonds is 4. The van der Waals surface area contributed by atoms with Crippen molar-refractivity contribution in [3.63, 3.8) is 0 Å². The average Bonchev–Trinajstić information content (AvgIpc) is 2.42. The maximum absolute atomic E-state index is 13.8. The molecular weight excluding hydrogens is 289 g/mol. The summed E-state index contributed by atoms with van der Waals surface area (Å²) in [7, 11) is 0. The van der Waals surface area contributed by atoms with E-state index in [0.29, 0.717) is 24.4 Å². The first kappa shape index (κ1) is 15.9. The molecule has 5 heteroatoms. The fraction of sp³-hybridized carbons (Fsp3) is 0.375. The molecule has 21 heavy (non-hydrogen) atoms. The van der Waals surface area contributed by atoms with Gasteiger partial charge in [-0.3, -0.25) is 0 Å². The summed E-state index contributed by atoms with van der Waals surface area (Å²) in [4.78, 5) is 8.57. The van der Waals surface area contributed by atoms with Gasteiger partial charge in [-0.25, -0.2) is 14.4 Å². The normalized spacial score (nSPS) is 11.7. The van der Waals surface area contributed by atoms with E-state index in [-0.39, 0.29) is 10.6 Å². The summed E-state index contributed by atoms with van der Waals surface area (Å²) < 4.78 is 13.8. The first-order chi connectivity index (χ1) is 9.85. The molecule has 0 aliphatic heterocycles. The predicted octanol–water partition coefficient (Wildman–Crippen LogP) is 3.75. The van der Waals surface area contributed by atoms with Crippen LogP contribution in [0.4, 0.5) is 4.39 Å². The van der Waals surface area contributed by atoms with Crippen molar-refractivity contribution in [1.82, 2.24) is 15.3 Å². The van der Waals surface area contributed by atoms with Crippen molar-refractivity contribution in [2.24, 2.45) is 0 Å². The van der Waals surface area contributed by atoms with Gasteiger partial charge in [0.15, 0.2) is 0 Å². The van der Waals surface area contributed by atoms with Crippen molar-refractivity contribution in [3.05, 3.63) is 58.4 Å². The summed E-state index contributed by atoms with van der Waals surface area (Å²) in [6.45, 7) is 7.01. The van der Waals surface area contributed by atoms with E-state index in [4.69, 9.17) is 11.6 Å². The minimum absolute atomic E-state index is 0.0442. The van der Waals surface area contributed by atoms with Crippen molar-refractivity contribution in [3.8, 4) is 0 Å². The van der Waals surface area contributed by atoms with Gasteiger partial charge in [0.25, 0.3) is 0 Å². The van der Waals surface area contributed by atoms with Gasteiger partial charge in [0.05, 0.1) is 5.02 Å². The fourth-order valence-corrected chi connectivity index (χ4v) is 1.98. The van der Waals surface area contributed by atoms with Crippen LogP contribution in [0.1, 0.15) is 37.7 Å². The molecule has 0 fully saturated rings. The topological polar surface area (TPSA) is 37.8 Å². The second-order valence-electron chi connectivity index (χ2n) is 6.00. The Hall–Kier alpha value is -1.52. The van der Waals surface area contributed by atoms with E-state index in [9.17, 15) is 4.39 Å². The van der Waals surface area contributed by atoms with Gasteiger partial charge in [0, 0.05) is 36.5 Å². The van der Waals surface area contributed by atoms with Crippen molar-refractivity contribution in [2.75, 3.05) is 0 Å². The Labute approximate surface area is 129 Å². The highest BCUT2D eigenvalue weighted by atomic mass is 35.5. The summed E-state index contributed by atoms with van der Waals surface area (Å²) in [5, 5.41) is 3.49. The van der Waals surface area contributed by atoms with Crippen molar-refractivity contribution in [1.29, 1.82) is 0 Å². The van der Waals surface area contributed by atoms with E-state index < -0.39 is 5.82 Å². The zero-order valence-electron chi connectivity index (χ0n) is 12.5. The third kappa shape index (κ3) is 4.76. The molecule has 0 aliphatic rings. The lowest BCUT2D eigenvalue weighted by molar-refractivity contribution is 0.423. The monoisotopic (exact) mass is 307 g/mol. The first-order valence-corrected chi connectivity index (χ1v) is 7.21. The summed E-state index contributed by atoms with van der Waals surface area (Å²) >= 11 is 5.77. The lowest BCUT2D eigenvalue weighted by atomic mass is 10.1. The molecule has 1 aromatic carbocycles. The molecule has 0 saturated heterocycles. The third-order valence-electron chi connectivity index (χ3n) is 2.96. The number of benzene rings is 1. The Morgan fingerprint density at radius 3 is 2.48 bits per heavy atom. The average molecular weight is 308 g/mol. The van der Waals surface area contributed by atoms with Crippen molar-refractivity contribution in [2.45, 2.75) is 39.3 Å². The van der Waals surface area contributed by atoms with E-state index in [1.165, 1.54) is 6.07 Å². The molecule has 0 unspecified atom stereocenters. The van der Waals surface area contributed by atoms with Crippen LogP contribution in [0.25, 0.3) is 0 Å². The van der Waals surface area contributed by atoms with Crippen LogP contribution >= 0.6 is 11.6 Å². The van der Waals surface area contributed by atoms with Crippen LogP contribution in [0.15, 0.2) is 30.6 Å². The molecule has 0 bridgehead atoms. The Kier molecular flexibility index (Phi) is 4.91. The molecular formula is C16H19ClFN3. The van der Waals surface area contributed by atoms with Crippen LogP contribution in [0.2, 0.25) is 5.02 Å². The maximum atomic E-state index is 13.8. The van der Waals surface area contributed by atoms with Gasteiger partial charge in [-0.15, -0.1) is 0 Å². The van der Waals surface area contributed by atoms with Gasteiger partial charge in [0.1, 0.15) is 11.6 Å². The second-order valence-corrected chi connectivity index (χ2v) is 6.41. The van der Waals surface area contributed by atoms with Gasteiger partial charge in [0.2, 0.25) is 0 Å². The SMILES string of the molecule is CC(C)(C)NCc1cnc(Cc2cccc(Cl)c2F)nc1. The number of halogens is 2. The number of nitrogens with one attached hydrogen (secondary N) is 1. The van der Waals surface area contributed by atoms with Gasteiger partial charge < -0.3 is 5.32 Å². The summed E-state index contributed by atoms with van der Waals surface area (Å²) in [5.74, 6) is 0.178. The molecule has 0 aliphatic carbocycles. The zero-order chi connectivity index (χ0) is 15.5. The molecule has 1 heterocycles. The molecule has 1 aromatic heterocycles. The third-order valence-corrected chi connectivity index (χ3v) is 3.25. The Balaban J connectivity index is 2.04. The summed E-state index contributed by atoms with van der Waals surface area (Å²) in [6, 6.07) is 4.95. The fourth-order valence-electron chi connectivity index (χ4n) is 1.79. The minimum atomic E-state index is -0.402. The number of hydrogen-bond acceptors (Lipinski definition) is 3. The lowest BCUT2D eigenvalue weighted by Crippen LogP contribution is -2.35. The van der Waals surface area contributed by atoms with Gasteiger partial charge >= 0.3 is 0 Å². The summed E-state index contributed by atoms with van der Waals surface area (Å²) in [5.41, 5.74) is 1.55. The molecule has 0 amide bonds. The molecule has 2 aromatic rings. The molecule has 2 rings (SSSR count). The standard InChI is InChI=1S/C16H19ClFN3/c1-16(2,3)21-10-11-8-19-14(20-9-11)7-12-5-4-6-13(17)15(12)18/h4-6,8-9,21H,7,10H2,1-3H3. The van der Waals surface area contributed by atoms with E-state index in [1.54, 1.807) is 24.5 Å². The second kappa shape index (κ2) is 6.50. The highest BCUT2D eigenvalue weighted by Crippen LogP contribution is 2.19. The Bertz CT molecular complexity index is 606. The molecule has 0 spiro atoms. The number of hydrogen-bond donors (Lipinski definition) is 1. The first-order valence-electron chi connectivity index (χ1n) is 6.83. The quantitative estimate of drug-likeness (QED) is 0.935. The number of nitrogens with zero attached hydrogens (tertiary/aromatic N) is 2. The Morgan fingerprint density at radius 2 is 1.86 bits per heavy atom.